The normalized spacial score (nSPS) is 20.1. The molecule has 0 atom stereocenters. The summed E-state index contributed by atoms with van der Waals surface area (Å²) >= 11 is 0. The van der Waals surface area contributed by atoms with Crippen LogP contribution in [0.5, 0.6) is 0 Å². The first-order chi connectivity index (χ1) is 7.89. The number of carbonyl (C=O) groups excluding carboxylic acids is 1. The molecular weight excluding hydrogens is 216 g/mol. The van der Waals surface area contributed by atoms with Crippen LogP contribution >= 0.6 is 0 Å². The minimum absolute atomic E-state index is 0.00666. The van der Waals surface area contributed by atoms with E-state index in [0.29, 0.717) is 0 Å². The van der Waals surface area contributed by atoms with Crippen LogP contribution in [0.25, 0.3) is 0 Å². The van der Waals surface area contributed by atoms with Gasteiger partial charge in [0.25, 0.3) is 0 Å². The van der Waals surface area contributed by atoms with Crippen molar-refractivity contribution in [2.24, 2.45) is 5.41 Å². The van der Waals surface area contributed by atoms with Gasteiger partial charge in [-0.15, -0.1) is 0 Å². The zero-order chi connectivity index (χ0) is 13.1. The van der Waals surface area contributed by atoms with Crippen LogP contribution in [0.2, 0.25) is 0 Å². The first-order valence-electron chi connectivity index (χ1n) is 6.49. The van der Waals surface area contributed by atoms with E-state index in [0.717, 1.165) is 32.4 Å². The topological polar surface area (TPSA) is 52.6 Å². The second kappa shape index (κ2) is 5.36. The highest BCUT2D eigenvalue weighted by atomic mass is 16.3. The summed E-state index contributed by atoms with van der Waals surface area (Å²) in [5.41, 5.74) is -0.712. The molecule has 0 aromatic carbocycles. The zero-order valence-corrected chi connectivity index (χ0v) is 11.5. The second-order valence-corrected chi connectivity index (χ2v) is 5.72. The molecule has 4 nitrogen and oxygen atoms in total. The largest absolute Gasteiger partial charge is 0.394 e. The van der Waals surface area contributed by atoms with Gasteiger partial charge < -0.3 is 15.3 Å². The Kier molecular flexibility index (Phi) is 4.55. The minimum Gasteiger partial charge on any atom is -0.394 e. The van der Waals surface area contributed by atoms with Crippen LogP contribution < -0.4 is 5.32 Å². The summed E-state index contributed by atoms with van der Waals surface area (Å²) in [6.07, 6.45) is 2.67. The van der Waals surface area contributed by atoms with Gasteiger partial charge in [0.2, 0.25) is 5.91 Å². The van der Waals surface area contributed by atoms with Crippen LogP contribution in [0.4, 0.5) is 0 Å². The highest BCUT2D eigenvalue weighted by Gasteiger charge is 2.42. The predicted molar refractivity (Wildman–Crippen MR) is 68.8 cm³/mol. The number of carbonyl (C=O) groups is 1. The Morgan fingerprint density at radius 1 is 1.41 bits per heavy atom. The molecule has 100 valence electrons. The molecule has 0 saturated carbocycles. The summed E-state index contributed by atoms with van der Waals surface area (Å²) in [6.45, 7) is 7.70. The Bertz CT molecular complexity index is 271. The number of rotatable bonds is 4. The molecule has 0 unspecified atom stereocenters. The number of nitrogens with zero attached hydrogens (tertiary/aromatic N) is 1. The molecule has 1 aliphatic heterocycles. The third kappa shape index (κ3) is 2.80. The highest BCUT2D eigenvalue weighted by molar-refractivity contribution is 5.83. The molecule has 0 aliphatic carbocycles. The number of nitrogens with one attached hydrogen (secondary N) is 1. The minimum atomic E-state index is -0.482. The van der Waals surface area contributed by atoms with E-state index >= 15 is 0 Å². The second-order valence-electron chi connectivity index (χ2n) is 5.72. The van der Waals surface area contributed by atoms with E-state index in [4.69, 9.17) is 0 Å². The maximum absolute atomic E-state index is 12.6. The van der Waals surface area contributed by atoms with Crippen molar-refractivity contribution in [1.29, 1.82) is 0 Å². The van der Waals surface area contributed by atoms with Gasteiger partial charge in [0, 0.05) is 7.05 Å². The first-order valence-corrected chi connectivity index (χ1v) is 6.49. The Balaban J connectivity index is 2.85. The van der Waals surface area contributed by atoms with Crippen LogP contribution in [0.15, 0.2) is 0 Å². The fourth-order valence-corrected chi connectivity index (χ4v) is 2.36. The first kappa shape index (κ1) is 14.5. The molecule has 1 amide bonds. The molecule has 1 saturated heterocycles. The maximum Gasteiger partial charge on any atom is 0.229 e. The number of piperidine rings is 1. The molecule has 2 N–H and O–H groups in total. The number of aliphatic hydroxyl groups is 1. The predicted octanol–water partition coefficient (Wildman–Crippen LogP) is 0.996. The lowest BCUT2D eigenvalue weighted by molar-refractivity contribution is -0.149. The number of hydrogen-bond donors (Lipinski definition) is 2. The zero-order valence-electron chi connectivity index (χ0n) is 11.5. The van der Waals surface area contributed by atoms with Crippen molar-refractivity contribution in [1.82, 2.24) is 10.2 Å². The van der Waals surface area contributed by atoms with Crippen LogP contribution in [0.1, 0.15) is 40.0 Å². The van der Waals surface area contributed by atoms with E-state index in [1.165, 1.54) is 0 Å². The average Bonchev–Trinajstić information content (AvgIpc) is 2.37. The molecule has 0 spiro atoms. The van der Waals surface area contributed by atoms with Gasteiger partial charge in [-0.25, -0.2) is 0 Å². The van der Waals surface area contributed by atoms with Gasteiger partial charge in [-0.1, -0.05) is 6.92 Å². The smallest absolute Gasteiger partial charge is 0.229 e. The molecule has 17 heavy (non-hydrogen) atoms. The molecule has 1 heterocycles. The van der Waals surface area contributed by atoms with Gasteiger partial charge in [0.1, 0.15) is 0 Å². The molecular formula is C13H26N2O2. The van der Waals surface area contributed by atoms with E-state index in [9.17, 15) is 9.90 Å². The van der Waals surface area contributed by atoms with Gasteiger partial charge in [0.05, 0.1) is 17.6 Å². The number of amides is 1. The summed E-state index contributed by atoms with van der Waals surface area (Å²) in [5.74, 6) is 0.181. The number of aliphatic hydroxyl groups excluding tert-OH is 1. The van der Waals surface area contributed by atoms with E-state index < -0.39 is 5.54 Å². The van der Waals surface area contributed by atoms with Crippen molar-refractivity contribution in [2.75, 3.05) is 26.7 Å². The van der Waals surface area contributed by atoms with E-state index in [2.05, 4.69) is 12.2 Å². The Hall–Kier alpha value is -0.610. The fraction of sp³-hybridized carbons (Fsp3) is 0.923. The third-order valence-electron chi connectivity index (χ3n) is 4.29. The summed E-state index contributed by atoms with van der Waals surface area (Å²) < 4.78 is 0. The molecule has 4 heteroatoms. The third-order valence-corrected chi connectivity index (χ3v) is 4.29. The van der Waals surface area contributed by atoms with Crippen molar-refractivity contribution < 1.29 is 9.90 Å². The lowest BCUT2D eigenvalue weighted by Gasteiger charge is -2.43. The van der Waals surface area contributed by atoms with Crippen LogP contribution in [0.3, 0.4) is 0 Å². The van der Waals surface area contributed by atoms with Crippen molar-refractivity contribution in [2.45, 2.75) is 45.6 Å². The Labute approximate surface area is 104 Å². The Morgan fingerprint density at radius 3 is 2.35 bits per heavy atom. The van der Waals surface area contributed by atoms with Gasteiger partial charge >= 0.3 is 0 Å². The molecule has 1 rings (SSSR count). The molecule has 0 radical (unpaired) electrons. The average molecular weight is 242 g/mol. The molecule has 1 fully saturated rings. The van der Waals surface area contributed by atoms with Crippen molar-refractivity contribution in [3.8, 4) is 0 Å². The molecule has 0 aromatic heterocycles. The SMILES string of the molecule is CCC1(C(=O)N(C)C(C)(C)CO)CCNCC1. The lowest BCUT2D eigenvalue weighted by atomic mass is 9.75. The van der Waals surface area contributed by atoms with Crippen LogP contribution in [-0.4, -0.2) is 48.2 Å². The van der Waals surface area contributed by atoms with Gasteiger partial charge in [-0.3, -0.25) is 4.79 Å². The van der Waals surface area contributed by atoms with Gasteiger partial charge in [-0.05, 0) is 46.2 Å². The highest BCUT2D eigenvalue weighted by Crippen LogP contribution is 2.35. The summed E-state index contributed by atoms with van der Waals surface area (Å²) in [5, 5.41) is 12.7. The van der Waals surface area contributed by atoms with Gasteiger partial charge in [0.15, 0.2) is 0 Å². The number of hydrogen-bond acceptors (Lipinski definition) is 3. The van der Waals surface area contributed by atoms with Crippen LogP contribution in [0, 0.1) is 5.41 Å². The quantitative estimate of drug-likeness (QED) is 0.773. The lowest BCUT2D eigenvalue weighted by Crippen LogP contribution is -2.55. The molecule has 0 bridgehead atoms. The van der Waals surface area contributed by atoms with E-state index in [-0.39, 0.29) is 17.9 Å². The summed E-state index contributed by atoms with van der Waals surface area (Å²) in [4.78, 5) is 14.4. The Morgan fingerprint density at radius 2 is 1.94 bits per heavy atom. The number of likely N-dealkylation sites (N-methyl/N-ethyl adjacent to an activating group) is 1. The van der Waals surface area contributed by atoms with Crippen molar-refractivity contribution >= 4 is 5.91 Å². The fourth-order valence-electron chi connectivity index (χ4n) is 2.36. The van der Waals surface area contributed by atoms with Crippen LogP contribution in [-0.2, 0) is 4.79 Å². The van der Waals surface area contributed by atoms with Crippen molar-refractivity contribution in [3.05, 3.63) is 0 Å². The maximum atomic E-state index is 12.6. The molecule has 0 aromatic rings. The monoisotopic (exact) mass is 242 g/mol. The summed E-state index contributed by atoms with van der Waals surface area (Å²) in [6, 6.07) is 0. The standard InChI is InChI=1S/C13H26N2O2/c1-5-13(6-8-14-9-7-13)11(17)15(4)12(2,3)10-16/h14,16H,5-10H2,1-4H3. The molecule has 1 aliphatic rings. The van der Waals surface area contributed by atoms with Crippen molar-refractivity contribution in [3.63, 3.8) is 0 Å². The van der Waals surface area contributed by atoms with E-state index in [1.807, 2.05) is 13.8 Å². The summed E-state index contributed by atoms with van der Waals surface area (Å²) in [7, 11) is 1.80. The van der Waals surface area contributed by atoms with E-state index in [1.54, 1.807) is 11.9 Å². The van der Waals surface area contributed by atoms with Gasteiger partial charge in [-0.2, -0.15) is 0 Å².